The number of ketones is 1. The van der Waals surface area contributed by atoms with E-state index < -0.39 is 0 Å². The fourth-order valence-electron chi connectivity index (χ4n) is 3.86. The van der Waals surface area contributed by atoms with Crippen molar-refractivity contribution in [1.82, 2.24) is 0 Å². The first-order valence-corrected chi connectivity index (χ1v) is 8.17. The molecule has 2 aliphatic carbocycles. The quantitative estimate of drug-likeness (QED) is 0.591. The van der Waals surface area contributed by atoms with Gasteiger partial charge in [0, 0.05) is 5.92 Å². The molecule has 114 valence electrons. The van der Waals surface area contributed by atoms with E-state index in [4.69, 9.17) is 9.47 Å². The zero-order valence-electron chi connectivity index (χ0n) is 12.4. The summed E-state index contributed by atoms with van der Waals surface area (Å²) in [6.45, 7) is 0.387. The Morgan fingerprint density at radius 3 is 2.57 bits per heavy atom. The van der Waals surface area contributed by atoms with E-state index in [1.807, 2.05) is 6.08 Å². The highest BCUT2D eigenvalue weighted by Crippen LogP contribution is 2.34. The summed E-state index contributed by atoms with van der Waals surface area (Å²) in [7, 11) is 0. The second kappa shape index (κ2) is 6.72. The SMILES string of the molecule is N#CC(=CC1CCC2OCOC2C1)C(=O)C1CCCCC1. The lowest BCUT2D eigenvalue weighted by Crippen LogP contribution is -2.31. The maximum Gasteiger partial charge on any atom is 0.176 e. The number of carbonyl (C=O) groups excluding carboxylic acids is 1. The number of fused-ring (bicyclic) bond motifs is 1. The predicted octanol–water partition coefficient (Wildman–Crippen LogP) is 3.13. The van der Waals surface area contributed by atoms with Crippen LogP contribution in [-0.4, -0.2) is 24.8 Å². The van der Waals surface area contributed by atoms with E-state index in [1.165, 1.54) is 6.42 Å². The van der Waals surface area contributed by atoms with E-state index in [1.54, 1.807) is 0 Å². The molecule has 0 aromatic heterocycles. The van der Waals surface area contributed by atoms with Crippen LogP contribution in [0.25, 0.3) is 0 Å². The van der Waals surface area contributed by atoms with E-state index >= 15 is 0 Å². The van der Waals surface area contributed by atoms with Gasteiger partial charge in [0.1, 0.15) is 12.9 Å². The Kier molecular flexibility index (Phi) is 4.72. The Hall–Kier alpha value is -1.18. The van der Waals surface area contributed by atoms with Gasteiger partial charge in [-0.25, -0.2) is 0 Å². The molecule has 3 aliphatic rings. The van der Waals surface area contributed by atoms with Crippen molar-refractivity contribution in [3.63, 3.8) is 0 Å². The normalized spacial score (nSPS) is 34.2. The fraction of sp³-hybridized carbons (Fsp3) is 0.765. The first-order chi connectivity index (χ1) is 10.3. The summed E-state index contributed by atoms with van der Waals surface area (Å²) in [6.07, 6.45) is 10.4. The Morgan fingerprint density at radius 1 is 1.05 bits per heavy atom. The molecule has 3 rings (SSSR count). The molecular formula is C17H23NO3. The van der Waals surface area contributed by atoms with E-state index in [9.17, 15) is 10.1 Å². The third-order valence-electron chi connectivity index (χ3n) is 5.10. The smallest absolute Gasteiger partial charge is 0.176 e. The van der Waals surface area contributed by atoms with Crippen molar-refractivity contribution >= 4 is 5.78 Å². The molecule has 1 aliphatic heterocycles. The van der Waals surface area contributed by atoms with Crippen molar-refractivity contribution in [1.29, 1.82) is 5.26 Å². The van der Waals surface area contributed by atoms with Crippen LogP contribution >= 0.6 is 0 Å². The Balaban J connectivity index is 1.64. The lowest BCUT2D eigenvalue weighted by Gasteiger charge is -2.28. The summed E-state index contributed by atoms with van der Waals surface area (Å²) >= 11 is 0. The largest absolute Gasteiger partial charge is 0.349 e. The maximum absolute atomic E-state index is 12.5. The molecule has 1 heterocycles. The molecule has 3 unspecified atom stereocenters. The van der Waals surface area contributed by atoms with Gasteiger partial charge in [0.2, 0.25) is 0 Å². The molecule has 4 nitrogen and oxygen atoms in total. The number of Topliss-reactive ketones (excluding diaryl/α,β-unsaturated/α-hetero) is 1. The summed E-state index contributed by atoms with van der Waals surface area (Å²) in [5.74, 6) is 0.421. The van der Waals surface area contributed by atoms with Crippen LogP contribution in [0.1, 0.15) is 51.4 Å². The molecule has 0 N–H and O–H groups in total. The highest BCUT2D eigenvalue weighted by atomic mass is 16.7. The van der Waals surface area contributed by atoms with Gasteiger partial charge in [-0.15, -0.1) is 0 Å². The second-order valence-electron chi connectivity index (χ2n) is 6.49. The van der Waals surface area contributed by atoms with Crippen molar-refractivity contribution in [2.75, 3.05) is 6.79 Å². The molecule has 0 radical (unpaired) electrons. The number of hydrogen-bond donors (Lipinski definition) is 0. The summed E-state index contributed by atoms with van der Waals surface area (Å²) in [5.41, 5.74) is 0.379. The van der Waals surface area contributed by atoms with E-state index in [2.05, 4.69) is 6.07 Å². The van der Waals surface area contributed by atoms with Crippen molar-refractivity contribution < 1.29 is 14.3 Å². The number of nitriles is 1. The van der Waals surface area contributed by atoms with Crippen LogP contribution in [0.3, 0.4) is 0 Å². The molecule has 4 heteroatoms. The van der Waals surface area contributed by atoms with Gasteiger partial charge in [0.25, 0.3) is 0 Å². The van der Waals surface area contributed by atoms with Gasteiger partial charge in [0.15, 0.2) is 5.78 Å². The van der Waals surface area contributed by atoms with Gasteiger partial charge < -0.3 is 9.47 Å². The molecule has 1 saturated heterocycles. The summed E-state index contributed by atoms with van der Waals surface area (Å²) < 4.78 is 11.1. The van der Waals surface area contributed by atoms with Gasteiger partial charge in [-0.3, -0.25) is 4.79 Å². The molecular weight excluding hydrogens is 266 g/mol. The minimum absolute atomic E-state index is 0.0721. The maximum atomic E-state index is 12.5. The molecule has 0 bridgehead atoms. The first-order valence-electron chi connectivity index (χ1n) is 8.17. The highest BCUT2D eigenvalue weighted by molar-refractivity contribution is 6.00. The van der Waals surface area contributed by atoms with Crippen LogP contribution in [0.5, 0.6) is 0 Å². The van der Waals surface area contributed by atoms with Crippen molar-refractivity contribution in [2.45, 2.75) is 63.6 Å². The summed E-state index contributed by atoms with van der Waals surface area (Å²) in [4.78, 5) is 12.5. The highest BCUT2D eigenvalue weighted by Gasteiger charge is 2.36. The predicted molar refractivity (Wildman–Crippen MR) is 77.2 cm³/mol. The van der Waals surface area contributed by atoms with Gasteiger partial charge in [-0.2, -0.15) is 5.26 Å². The lowest BCUT2D eigenvalue weighted by molar-refractivity contribution is -0.119. The fourth-order valence-corrected chi connectivity index (χ4v) is 3.86. The van der Waals surface area contributed by atoms with Crippen LogP contribution < -0.4 is 0 Å². The summed E-state index contributed by atoms with van der Waals surface area (Å²) in [6, 6.07) is 2.15. The third kappa shape index (κ3) is 3.36. The first kappa shape index (κ1) is 14.7. The standard InChI is InChI=1S/C17H23NO3/c18-10-14(17(19)13-4-2-1-3-5-13)8-12-6-7-15-16(9-12)21-11-20-15/h8,12-13,15-16H,1-7,9,11H2. The topological polar surface area (TPSA) is 59.3 Å². The average molecular weight is 289 g/mol. The number of rotatable bonds is 3. The van der Waals surface area contributed by atoms with Crippen molar-refractivity contribution in [3.8, 4) is 6.07 Å². The molecule has 3 atom stereocenters. The zero-order chi connectivity index (χ0) is 14.7. The van der Waals surface area contributed by atoms with Crippen LogP contribution in [0.15, 0.2) is 11.6 Å². The molecule has 21 heavy (non-hydrogen) atoms. The Labute approximate surface area is 126 Å². The number of hydrogen-bond acceptors (Lipinski definition) is 4. The molecule has 0 aromatic carbocycles. The van der Waals surface area contributed by atoms with Crippen LogP contribution in [-0.2, 0) is 14.3 Å². The van der Waals surface area contributed by atoms with Gasteiger partial charge >= 0.3 is 0 Å². The number of carbonyl (C=O) groups is 1. The van der Waals surface area contributed by atoms with Crippen LogP contribution in [0.4, 0.5) is 0 Å². The zero-order valence-corrected chi connectivity index (χ0v) is 12.4. The molecule has 3 fully saturated rings. The van der Waals surface area contributed by atoms with Gasteiger partial charge in [-0.05, 0) is 38.0 Å². The third-order valence-corrected chi connectivity index (χ3v) is 5.10. The van der Waals surface area contributed by atoms with Gasteiger partial charge in [-0.1, -0.05) is 25.3 Å². The summed E-state index contributed by atoms with van der Waals surface area (Å²) in [5, 5.41) is 9.35. The van der Waals surface area contributed by atoms with Crippen molar-refractivity contribution in [2.24, 2.45) is 11.8 Å². The van der Waals surface area contributed by atoms with Gasteiger partial charge in [0.05, 0.1) is 17.8 Å². The monoisotopic (exact) mass is 289 g/mol. The molecule has 0 aromatic rings. The molecule has 0 spiro atoms. The minimum Gasteiger partial charge on any atom is -0.349 e. The number of allylic oxidation sites excluding steroid dienone is 2. The Bertz CT molecular complexity index is 459. The van der Waals surface area contributed by atoms with E-state index in [0.717, 1.165) is 44.9 Å². The van der Waals surface area contributed by atoms with E-state index in [0.29, 0.717) is 12.4 Å². The minimum atomic E-state index is 0.0721. The van der Waals surface area contributed by atoms with E-state index in [-0.39, 0.29) is 29.8 Å². The van der Waals surface area contributed by atoms with Crippen LogP contribution in [0.2, 0.25) is 0 Å². The second-order valence-corrected chi connectivity index (χ2v) is 6.49. The number of nitrogens with zero attached hydrogens (tertiary/aromatic N) is 1. The lowest BCUT2D eigenvalue weighted by atomic mass is 9.81. The Morgan fingerprint density at radius 2 is 1.81 bits per heavy atom. The molecule has 0 amide bonds. The van der Waals surface area contributed by atoms with Crippen molar-refractivity contribution in [3.05, 3.63) is 11.6 Å². The van der Waals surface area contributed by atoms with Crippen LogP contribution in [0, 0.1) is 23.2 Å². The number of ether oxygens (including phenoxy) is 2. The average Bonchev–Trinajstić information content (AvgIpc) is 3.00. The molecule has 2 saturated carbocycles.